The molecule has 0 unspecified atom stereocenters. The van der Waals surface area contributed by atoms with Crippen LogP contribution in [0.4, 0.5) is 11.4 Å². The number of aliphatic imine (C=N–C) groups is 1. The molecule has 0 bridgehead atoms. The fraction of sp³-hybridized carbons (Fsp3) is 0.222. The van der Waals surface area contributed by atoms with Crippen molar-refractivity contribution in [1.82, 2.24) is 0 Å². The Morgan fingerprint density at radius 1 is 1.58 bits per heavy atom. The first-order chi connectivity index (χ1) is 5.77. The van der Waals surface area contributed by atoms with Crippen LogP contribution in [0.25, 0.3) is 0 Å². The molecule has 0 aromatic heterocycles. The second-order valence-electron chi connectivity index (χ2n) is 2.51. The summed E-state index contributed by atoms with van der Waals surface area (Å²) >= 11 is 4.07. The molecule has 64 valence electrons. The van der Waals surface area contributed by atoms with Crippen molar-refractivity contribution in [3.8, 4) is 0 Å². The molecule has 2 nitrogen and oxygen atoms in total. The van der Waals surface area contributed by atoms with E-state index >= 15 is 0 Å². The van der Waals surface area contributed by atoms with E-state index in [1.807, 2.05) is 25.1 Å². The number of hydrogen-bond acceptors (Lipinski definition) is 3. The van der Waals surface area contributed by atoms with Gasteiger partial charge in [-0.1, -0.05) is 6.07 Å². The minimum absolute atomic E-state index is 0.603. The molecule has 0 aliphatic rings. The van der Waals surface area contributed by atoms with Crippen LogP contribution in [0.1, 0.15) is 5.56 Å². The van der Waals surface area contributed by atoms with E-state index in [2.05, 4.69) is 29.7 Å². The van der Waals surface area contributed by atoms with Gasteiger partial charge in [0.25, 0.3) is 0 Å². The van der Waals surface area contributed by atoms with Crippen molar-refractivity contribution in [2.45, 2.75) is 6.92 Å². The van der Waals surface area contributed by atoms with Crippen molar-refractivity contribution >= 4 is 30.7 Å². The molecule has 0 aliphatic carbocycles. The first kappa shape index (κ1) is 9.13. The average Bonchev–Trinajstić information content (AvgIpc) is 2.08. The summed E-state index contributed by atoms with van der Waals surface area (Å²) in [5, 5.41) is 3.08. The minimum atomic E-state index is 0.603. The molecule has 1 N–H and O–H groups in total. The van der Waals surface area contributed by atoms with Gasteiger partial charge in [0.15, 0.2) is 0 Å². The van der Waals surface area contributed by atoms with Crippen molar-refractivity contribution in [2.75, 3.05) is 11.2 Å². The van der Waals surface area contributed by atoms with E-state index < -0.39 is 0 Å². The third-order valence-corrected chi connectivity index (χ3v) is 1.75. The minimum Gasteiger partial charge on any atom is -0.375 e. The summed E-state index contributed by atoms with van der Waals surface area (Å²) in [5.74, 6) is 0.603. The molecule has 1 aromatic rings. The lowest BCUT2D eigenvalue weighted by atomic mass is 10.2. The molecular formula is C9H12N2S. The normalized spacial score (nSPS) is 9.50. The molecule has 0 radical (unpaired) electrons. The number of nitrogens with one attached hydrogen (secondary N) is 1. The lowest BCUT2D eigenvalue weighted by Crippen LogP contribution is -1.94. The average molecular weight is 180 g/mol. The maximum Gasteiger partial charge on any atom is 0.0856 e. The lowest BCUT2D eigenvalue weighted by Gasteiger charge is -2.06. The van der Waals surface area contributed by atoms with Crippen LogP contribution < -0.4 is 5.32 Å². The molecule has 0 fully saturated rings. The van der Waals surface area contributed by atoms with E-state index in [0.717, 1.165) is 11.4 Å². The van der Waals surface area contributed by atoms with Gasteiger partial charge in [-0.2, -0.15) is 12.6 Å². The molecule has 0 saturated carbocycles. The first-order valence-corrected chi connectivity index (χ1v) is 4.33. The van der Waals surface area contributed by atoms with Crippen LogP contribution >= 0.6 is 12.6 Å². The molecule has 0 amide bonds. The molecule has 12 heavy (non-hydrogen) atoms. The van der Waals surface area contributed by atoms with Crippen LogP contribution in [-0.2, 0) is 0 Å². The van der Waals surface area contributed by atoms with E-state index in [1.165, 1.54) is 5.56 Å². The van der Waals surface area contributed by atoms with Crippen molar-refractivity contribution < 1.29 is 0 Å². The third kappa shape index (κ3) is 2.01. The van der Waals surface area contributed by atoms with E-state index in [0.29, 0.717) is 5.88 Å². The molecule has 3 heteroatoms. The number of thiol groups is 1. The first-order valence-electron chi connectivity index (χ1n) is 3.70. The standard InChI is InChI=1S/C9H12N2S/c1-7-3-4-8(11-6-12)9(5-7)10-2/h3-5,11-12H,2,6H2,1H3. The SMILES string of the molecule is C=Nc1cc(C)ccc1NCS. The molecule has 0 saturated heterocycles. The molecular weight excluding hydrogens is 168 g/mol. The van der Waals surface area contributed by atoms with Crippen LogP contribution in [0.2, 0.25) is 0 Å². The van der Waals surface area contributed by atoms with Crippen LogP contribution in [0.15, 0.2) is 23.2 Å². The van der Waals surface area contributed by atoms with Crippen LogP contribution in [0, 0.1) is 6.92 Å². The van der Waals surface area contributed by atoms with E-state index in [-0.39, 0.29) is 0 Å². The highest BCUT2D eigenvalue weighted by Gasteiger charge is 1.97. The van der Waals surface area contributed by atoms with E-state index in [1.54, 1.807) is 0 Å². The summed E-state index contributed by atoms with van der Waals surface area (Å²) < 4.78 is 0. The van der Waals surface area contributed by atoms with Crippen LogP contribution in [0.3, 0.4) is 0 Å². The lowest BCUT2D eigenvalue weighted by molar-refractivity contribution is 1.39. The second kappa shape index (κ2) is 4.16. The Balaban J connectivity index is 3.02. The highest BCUT2D eigenvalue weighted by molar-refractivity contribution is 7.80. The molecule has 1 rings (SSSR count). The zero-order chi connectivity index (χ0) is 8.97. The van der Waals surface area contributed by atoms with Crippen molar-refractivity contribution in [3.05, 3.63) is 23.8 Å². The quantitative estimate of drug-likeness (QED) is 0.417. The van der Waals surface area contributed by atoms with Gasteiger partial charge in [-0.05, 0) is 31.3 Å². The van der Waals surface area contributed by atoms with Gasteiger partial charge in [0.05, 0.1) is 17.3 Å². The summed E-state index contributed by atoms with van der Waals surface area (Å²) in [6.45, 7) is 5.53. The molecule has 1 aromatic carbocycles. The molecule has 0 spiro atoms. The zero-order valence-corrected chi connectivity index (χ0v) is 7.94. The summed E-state index contributed by atoms with van der Waals surface area (Å²) in [6.07, 6.45) is 0. The smallest absolute Gasteiger partial charge is 0.0856 e. The van der Waals surface area contributed by atoms with E-state index in [4.69, 9.17) is 0 Å². The van der Waals surface area contributed by atoms with Gasteiger partial charge < -0.3 is 5.32 Å². The van der Waals surface area contributed by atoms with Gasteiger partial charge >= 0.3 is 0 Å². The number of aryl methyl sites for hydroxylation is 1. The predicted molar refractivity (Wildman–Crippen MR) is 57.9 cm³/mol. The fourth-order valence-corrected chi connectivity index (χ4v) is 1.18. The molecule has 0 heterocycles. The van der Waals surface area contributed by atoms with E-state index in [9.17, 15) is 0 Å². The van der Waals surface area contributed by atoms with Gasteiger partial charge in [0, 0.05) is 0 Å². The topological polar surface area (TPSA) is 24.4 Å². The van der Waals surface area contributed by atoms with Crippen molar-refractivity contribution in [1.29, 1.82) is 0 Å². The van der Waals surface area contributed by atoms with Crippen LogP contribution in [0.5, 0.6) is 0 Å². The monoisotopic (exact) mass is 180 g/mol. The number of benzene rings is 1. The number of hydrogen-bond donors (Lipinski definition) is 2. The number of anilines is 1. The van der Waals surface area contributed by atoms with Gasteiger partial charge in [0.2, 0.25) is 0 Å². The molecule has 0 aliphatic heterocycles. The Morgan fingerprint density at radius 3 is 2.92 bits per heavy atom. The summed E-state index contributed by atoms with van der Waals surface area (Å²) in [6, 6.07) is 5.99. The fourth-order valence-electron chi connectivity index (χ4n) is 1.01. The highest BCUT2D eigenvalue weighted by Crippen LogP contribution is 2.25. The highest BCUT2D eigenvalue weighted by atomic mass is 32.1. The Hall–Kier alpha value is -0.960. The number of rotatable bonds is 3. The third-order valence-electron chi connectivity index (χ3n) is 1.59. The van der Waals surface area contributed by atoms with Gasteiger partial charge in [-0.3, -0.25) is 4.99 Å². The molecule has 0 atom stereocenters. The predicted octanol–water partition coefficient (Wildman–Crippen LogP) is 2.63. The second-order valence-corrected chi connectivity index (χ2v) is 2.83. The van der Waals surface area contributed by atoms with Gasteiger partial charge in [-0.25, -0.2) is 0 Å². The Morgan fingerprint density at radius 2 is 2.33 bits per heavy atom. The largest absolute Gasteiger partial charge is 0.375 e. The zero-order valence-electron chi connectivity index (χ0n) is 7.04. The maximum absolute atomic E-state index is 4.07. The van der Waals surface area contributed by atoms with Gasteiger partial charge in [0.1, 0.15) is 0 Å². The Labute approximate surface area is 78.1 Å². The van der Waals surface area contributed by atoms with Crippen molar-refractivity contribution in [3.63, 3.8) is 0 Å². The Kier molecular flexibility index (Phi) is 3.17. The summed E-state index contributed by atoms with van der Waals surface area (Å²) in [5.41, 5.74) is 3.04. The Bertz CT molecular complexity index is 284. The summed E-state index contributed by atoms with van der Waals surface area (Å²) in [7, 11) is 0. The van der Waals surface area contributed by atoms with Crippen LogP contribution in [-0.4, -0.2) is 12.6 Å². The van der Waals surface area contributed by atoms with Crippen molar-refractivity contribution in [2.24, 2.45) is 4.99 Å². The maximum atomic E-state index is 4.07. The number of nitrogens with zero attached hydrogens (tertiary/aromatic N) is 1. The summed E-state index contributed by atoms with van der Waals surface area (Å²) in [4.78, 5) is 3.90. The van der Waals surface area contributed by atoms with Gasteiger partial charge in [-0.15, -0.1) is 0 Å².